The van der Waals surface area contributed by atoms with E-state index in [9.17, 15) is 9.59 Å². The molecule has 0 saturated carbocycles. The van der Waals surface area contributed by atoms with Crippen molar-refractivity contribution in [2.75, 3.05) is 89.4 Å². The van der Waals surface area contributed by atoms with E-state index in [1.807, 2.05) is 48.5 Å². The zero-order valence-corrected chi connectivity index (χ0v) is 21.3. The largest absolute Gasteiger partial charge is 0.379 e. The van der Waals surface area contributed by atoms with E-state index < -0.39 is 0 Å². The van der Waals surface area contributed by atoms with Crippen LogP contribution in [0.4, 0.5) is 21.0 Å². The molecule has 2 fully saturated rings. The van der Waals surface area contributed by atoms with Gasteiger partial charge < -0.3 is 30.7 Å². The van der Waals surface area contributed by atoms with Crippen molar-refractivity contribution < 1.29 is 19.1 Å². The quantitative estimate of drug-likeness (QED) is 0.390. The Bertz CT molecular complexity index is 894. The molecule has 2 aromatic carbocycles. The minimum atomic E-state index is -0.200. The minimum Gasteiger partial charge on any atom is -0.379 e. The second-order valence-electron chi connectivity index (χ2n) is 9.24. The van der Waals surface area contributed by atoms with E-state index in [1.165, 1.54) is 0 Å². The number of urea groups is 2. The van der Waals surface area contributed by atoms with Gasteiger partial charge in [0.05, 0.1) is 26.4 Å². The zero-order chi connectivity index (χ0) is 25.7. The van der Waals surface area contributed by atoms with Gasteiger partial charge >= 0.3 is 12.1 Å². The SMILES string of the molecule is O=C(NCCN1CCOCC1)Nc1ccc(Cc2ccc(NC(=O)NCCN3CCOCC3)cc2)cc1. The molecule has 0 atom stereocenters. The van der Waals surface area contributed by atoms with Crippen molar-refractivity contribution in [2.24, 2.45) is 0 Å². The number of nitrogens with one attached hydrogen (secondary N) is 4. The lowest BCUT2D eigenvalue weighted by molar-refractivity contribution is 0.0387. The van der Waals surface area contributed by atoms with Crippen molar-refractivity contribution in [2.45, 2.75) is 6.42 Å². The Morgan fingerprint density at radius 2 is 1.00 bits per heavy atom. The summed E-state index contributed by atoms with van der Waals surface area (Å²) in [6, 6.07) is 15.3. The van der Waals surface area contributed by atoms with E-state index in [-0.39, 0.29) is 12.1 Å². The third-order valence-electron chi connectivity index (χ3n) is 6.47. The van der Waals surface area contributed by atoms with E-state index in [0.29, 0.717) is 13.1 Å². The molecule has 0 bridgehead atoms. The number of rotatable bonds is 10. The van der Waals surface area contributed by atoms with Crippen LogP contribution in [-0.4, -0.2) is 101 Å². The maximum Gasteiger partial charge on any atom is 0.319 e. The number of amides is 4. The number of carbonyl (C=O) groups is 2. The highest BCUT2D eigenvalue weighted by Gasteiger charge is 2.11. The maximum absolute atomic E-state index is 12.2. The van der Waals surface area contributed by atoms with Crippen LogP contribution in [0.2, 0.25) is 0 Å². The number of morpholine rings is 2. The molecule has 0 spiro atoms. The Morgan fingerprint density at radius 3 is 1.38 bits per heavy atom. The summed E-state index contributed by atoms with van der Waals surface area (Å²) in [6.07, 6.45) is 0.762. The van der Waals surface area contributed by atoms with E-state index in [1.54, 1.807) is 0 Å². The fourth-order valence-electron chi connectivity index (χ4n) is 4.30. The fraction of sp³-hybridized carbons (Fsp3) is 0.481. The number of nitrogens with zero attached hydrogens (tertiary/aromatic N) is 2. The van der Waals surface area contributed by atoms with Crippen LogP contribution in [-0.2, 0) is 15.9 Å². The summed E-state index contributed by atoms with van der Waals surface area (Å²) < 4.78 is 10.7. The highest BCUT2D eigenvalue weighted by Crippen LogP contribution is 2.16. The average molecular weight is 511 g/mol. The van der Waals surface area contributed by atoms with Crippen molar-refractivity contribution >= 4 is 23.4 Å². The Hall–Kier alpha value is -3.18. The van der Waals surface area contributed by atoms with Crippen LogP contribution in [0, 0.1) is 0 Å². The molecule has 2 aromatic rings. The van der Waals surface area contributed by atoms with Crippen LogP contribution in [0.1, 0.15) is 11.1 Å². The number of ether oxygens (including phenoxy) is 2. The van der Waals surface area contributed by atoms with E-state index in [2.05, 4.69) is 31.1 Å². The molecule has 10 heteroatoms. The standard InChI is InChI=1S/C27H38N6O4/c34-26(28-9-11-32-13-17-36-18-14-32)30-24-5-1-22(2-6-24)21-23-3-7-25(8-4-23)31-27(35)29-10-12-33-15-19-37-20-16-33/h1-8H,9-21H2,(H2,28,30,34)(H2,29,31,35). The summed E-state index contributed by atoms with van der Waals surface area (Å²) in [5, 5.41) is 11.6. The second kappa shape index (κ2) is 14.5. The van der Waals surface area contributed by atoms with Crippen molar-refractivity contribution in [1.29, 1.82) is 0 Å². The van der Waals surface area contributed by atoms with E-state index in [4.69, 9.17) is 9.47 Å². The number of hydrogen-bond donors (Lipinski definition) is 4. The Labute approximate surface area is 218 Å². The van der Waals surface area contributed by atoms with Crippen molar-refractivity contribution in [3.8, 4) is 0 Å². The third-order valence-corrected chi connectivity index (χ3v) is 6.47. The smallest absolute Gasteiger partial charge is 0.319 e. The predicted molar refractivity (Wildman–Crippen MR) is 144 cm³/mol. The first kappa shape index (κ1) is 26.9. The van der Waals surface area contributed by atoms with Gasteiger partial charge in [0.15, 0.2) is 0 Å². The van der Waals surface area contributed by atoms with Gasteiger partial charge in [-0.05, 0) is 41.8 Å². The van der Waals surface area contributed by atoms with Crippen LogP contribution in [0.3, 0.4) is 0 Å². The summed E-state index contributed by atoms with van der Waals surface area (Å²) in [4.78, 5) is 28.9. The molecule has 4 N–H and O–H groups in total. The monoisotopic (exact) mass is 510 g/mol. The van der Waals surface area contributed by atoms with Gasteiger partial charge in [-0.1, -0.05) is 24.3 Å². The van der Waals surface area contributed by atoms with Gasteiger partial charge in [-0.2, -0.15) is 0 Å². The van der Waals surface area contributed by atoms with E-state index in [0.717, 1.165) is 94.6 Å². The first-order chi connectivity index (χ1) is 18.1. The maximum atomic E-state index is 12.2. The van der Waals surface area contributed by atoms with Crippen molar-refractivity contribution in [3.05, 3.63) is 59.7 Å². The van der Waals surface area contributed by atoms with Crippen LogP contribution in [0.5, 0.6) is 0 Å². The molecule has 200 valence electrons. The molecule has 2 aliphatic rings. The molecule has 4 rings (SSSR count). The molecule has 0 aliphatic carbocycles. The number of carbonyl (C=O) groups excluding carboxylic acids is 2. The molecular formula is C27H38N6O4. The topological polar surface area (TPSA) is 107 Å². The molecule has 2 saturated heterocycles. The van der Waals surface area contributed by atoms with Crippen LogP contribution in [0.15, 0.2) is 48.5 Å². The van der Waals surface area contributed by atoms with Gasteiger partial charge in [-0.15, -0.1) is 0 Å². The fourth-order valence-corrected chi connectivity index (χ4v) is 4.30. The number of benzene rings is 2. The third kappa shape index (κ3) is 9.66. The first-order valence-corrected chi connectivity index (χ1v) is 13.0. The molecule has 0 unspecified atom stereocenters. The summed E-state index contributed by atoms with van der Waals surface area (Å²) in [5.41, 5.74) is 3.79. The first-order valence-electron chi connectivity index (χ1n) is 13.0. The molecule has 37 heavy (non-hydrogen) atoms. The van der Waals surface area contributed by atoms with Gasteiger partial charge in [-0.3, -0.25) is 9.80 Å². The predicted octanol–water partition coefficient (Wildman–Crippen LogP) is 2.18. The molecule has 10 nitrogen and oxygen atoms in total. The molecule has 0 aromatic heterocycles. The highest BCUT2D eigenvalue weighted by molar-refractivity contribution is 5.89. The lowest BCUT2D eigenvalue weighted by Crippen LogP contribution is -2.42. The van der Waals surface area contributed by atoms with Gasteiger partial charge in [-0.25, -0.2) is 9.59 Å². The van der Waals surface area contributed by atoms with Crippen LogP contribution < -0.4 is 21.3 Å². The molecular weight excluding hydrogens is 472 g/mol. The van der Waals surface area contributed by atoms with Gasteiger partial charge in [0, 0.05) is 63.7 Å². The highest BCUT2D eigenvalue weighted by atomic mass is 16.5. The van der Waals surface area contributed by atoms with E-state index >= 15 is 0 Å². The summed E-state index contributed by atoms with van der Waals surface area (Å²) >= 11 is 0. The van der Waals surface area contributed by atoms with Gasteiger partial charge in [0.1, 0.15) is 0 Å². The van der Waals surface area contributed by atoms with Gasteiger partial charge in [0.2, 0.25) is 0 Å². The van der Waals surface area contributed by atoms with Gasteiger partial charge in [0.25, 0.3) is 0 Å². The summed E-state index contributed by atoms with van der Waals surface area (Å²) in [6.45, 7) is 9.52. The van der Waals surface area contributed by atoms with Crippen LogP contribution in [0.25, 0.3) is 0 Å². The molecule has 2 aliphatic heterocycles. The van der Waals surface area contributed by atoms with Crippen LogP contribution >= 0.6 is 0 Å². The summed E-state index contributed by atoms with van der Waals surface area (Å²) in [7, 11) is 0. The lowest BCUT2D eigenvalue weighted by atomic mass is 10.0. The molecule has 2 heterocycles. The Morgan fingerprint density at radius 1 is 0.622 bits per heavy atom. The molecule has 0 radical (unpaired) electrons. The lowest BCUT2D eigenvalue weighted by Gasteiger charge is -2.26. The average Bonchev–Trinajstić information content (AvgIpc) is 2.92. The Kier molecular flexibility index (Phi) is 10.6. The van der Waals surface area contributed by atoms with Crippen molar-refractivity contribution in [1.82, 2.24) is 20.4 Å². The minimum absolute atomic E-state index is 0.200. The normalized spacial score (nSPS) is 16.6. The molecule has 4 amide bonds. The van der Waals surface area contributed by atoms with Crippen molar-refractivity contribution in [3.63, 3.8) is 0 Å². The second-order valence-corrected chi connectivity index (χ2v) is 9.24. The zero-order valence-electron chi connectivity index (χ0n) is 21.3. The number of anilines is 2. The summed E-state index contributed by atoms with van der Waals surface area (Å²) in [5.74, 6) is 0. The number of hydrogen-bond acceptors (Lipinski definition) is 6. The Balaban J connectivity index is 1.13.